The Balaban J connectivity index is 1.96. The molecule has 0 bridgehead atoms. The minimum Gasteiger partial charge on any atom is -0.357 e. The van der Waals surface area contributed by atoms with Gasteiger partial charge in [0.1, 0.15) is 0 Å². The average Bonchev–Trinajstić information content (AvgIpc) is 2.61. The minimum atomic E-state index is -3.71. The lowest BCUT2D eigenvalue weighted by Crippen LogP contribution is -2.38. The van der Waals surface area contributed by atoms with Crippen molar-refractivity contribution < 1.29 is 8.42 Å². The summed E-state index contributed by atoms with van der Waals surface area (Å²) >= 11 is 5.89. The van der Waals surface area contributed by atoms with Crippen LogP contribution >= 0.6 is 11.6 Å². The van der Waals surface area contributed by atoms with Crippen molar-refractivity contribution in [2.24, 2.45) is 10.1 Å². The Morgan fingerprint density at radius 2 is 1.85 bits per heavy atom. The molecule has 0 saturated heterocycles. The van der Waals surface area contributed by atoms with Crippen LogP contribution in [0.1, 0.15) is 18.1 Å². The van der Waals surface area contributed by atoms with Gasteiger partial charge in [-0.1, -0.05) is 35.9 Å². The summed E-state index contributed by atoms with van der Waals surface area (Å²) in [6.07, 6.45) is 0.836. The molecule has 0 heterocycles. The number of guanidine groups is 1. The molecule has 0 saturated carbocycles. The number of hydrogen-bond acceptors (Lipinski definition) is 3. The normalized spacial score (nSPS) is 12.0. The van der Waals surface area contributed by atoms with Gasteiger partial charge < -0.3 is 10.6 Å². The first-order valence-corrected chi connectivity index (χ1v) is 10.2. The zero-order valence-electron chi connectivity index (χ0n) is 14.6. The molecule has 0 aliphatic heterocycles. The maximum atomic E-state index is 11.4. The highest BCUT2D eigenvalue weighted by molar-refractivity contribution is 7.89. The van der Waals surface area contributed by atoms with E-state index < -0.39 is 10.0 Å². The molecular formula is C18H23ClN4O2S. The van der Waals surface area contributed by atoms with Crippen molar-refractivity contribution in [3.05, 3.63) is 64.7 Å². The van der Waals surface area contributed by atoms with Crippen LogP contribution in [0, 0.1) is 0 Å². The molecule has 4 N–H and O–H groups in total. The zero-order valence-corrected chi connectivity index (χ0v) is 16.1. The van der Waals surface area contributed by atoms with E-state index >= 15 is 0 Å². The van der Waals surface area contributed by atoms with E-state index in [0.29, 0.717) is 19.0 Å². The van der Waals surface area contributed by atoms with Gasteiger partial charge >= 0.3 is 0 Å². The third-order valence-corrected chi connectivity index (χ3v) is 4.77. The van der Waals surface area contributed by atoms with Crippen molar-refractivity contribution in [1.29, 1.82) is 0 Å². The molecule has 0 atom stereocenters. The second-order valence-corrected chi connectivity index (χ2v) is 7.69. The van der Waals surface area contributed by atoms with Gasteiger partial charge in [0.05, 0.1) is 11.4 Å². The second kappa shape index (κ2) is 9.56. The van der Waals surface area contributed by atoms with Crippen LogP contribution in [0.5, 0.6) is 0 Å². The number of primary sulfonamides is 1. The number of sulfonamides is 1. The van der Waals surface area contributed by atoms with E-state index in [1.165, 1.54) is 17.7 Å². The number of aliphatic imine (C=N–C) groups is 1. The molecule has 0 amide bonds. The van der Waals surface area contributed by atoms with Crippen LogP contribution < -0.4 is 15.8 Å². The second-order valence-electron chi connectivity index (χ2n) is 5.69. The summed E-state index contributed by atoms with van der Waals surface area (Å²) in [7, 11) is -3.71. The van der Waals surface area contributed by atoms with Crippen LogP contribution in [0.3, 0.4) is 0 Å². The smallest absolute Gasteiger partial charge is 0.238 e. The first-order chi connectivity index (χ1) is 12.4. The van der Waals surface area contributed by atoms with Gasteiger partial charge in [0, 0.05) is 18.1 Å². The summed E-state index contributed by atoms with van der Waals surface area (Å²) < 4.78 is 22.9. The number of nitrogens with zero attached hydrogens (tertiary/aromatic N) is 1. The Morgan fingerprint density at radius 1 is 1.12 bits per heavy atom. The zero-order chi connectivity index (χ0) is 19.0. The molecule has 8 heteroatoms. The van der Waals surface area contributed by atoms with Gasteiger partial charge in [0.15, 0.2) is 5.96 Å². The topological polar surface area (TPSA) is 96.6 Å². The monoisotopic (exact) mass is 394 g/mol. The average molecular weight is 395 g/mol. The summed E-state index contributed by atoms with van der Waals surface area (Å²) in [5, 5.41) is 12.3. The molecule has 0 aromatic heterocycles. The number of benzene rings is 2. The lowest BCUT2D eigenvalue weighted by atomic mass is 10.1. The van der Waals surface area contributed by atoms with E-state index in [9.17, 15) is 8.42 Å². The molecule has 0 fully saturated rings. The van der Waals surface area contributed by atoms with Crippen molar-refractivity contribution in [3.8, 4) is 0 Å². The molecule has 0 unspecified atom stereocenters. The predicted molar refractivity (Wildman–Crippen MR) is 106 cm³/mol. The molecule has 0 aliphatic carbocycles. The van der Waals surface area contributed by atoms with Crippen molar-refractivity contribution in [2.75, 3.05) is 13.1 Å². The van der Waals surface area contributed by atoms with E-state index in [1.54, 1.807) is 6.07 Å². The van der Waals surface area contributed by atoms with Crippen molar-refractivity contribution in [2.45, 2.75) is 24.8 Å². The van der Waals surface area contributed by atoms with Crippen molar-refractivity contribution >= 4 is 27.6 Å². The highest BCUT2D eigenvalue weighted by Crippen LogP contribution is 2.11. The minimum absolute atomic E-state index is 0.0888. The summed E-state index contributed by atoms with van der Waals surface area (Å²) in [6.45, 7) is 3.77. The number of nitrogens with two attached hydrogens (primary N) is 1. The Morgan fingerprint density at radius 3 is 2.50 bits per heavy atom. The maximum Gasteiger partial charge on any atom is 0.238 e. The van der Waals surface area contributed by atoms with E-state index in [-0.39, 0.29) is 4.90 Å². The molecule has 0 radical (unpaired) electrons. The van der Waals surface area contributed by atoms with Gasteiger partial charge in [-0.15, -0.1) is 0 Å². The molecule has 2 rings (SSSR count). The third-order valence-electron chi connectivity index (χ3n) is 3.61. The Bertz CT molecular complexity index is 852. The fraction of sp³-hybridized carbons (Fsp3) is 0.278. The van der Waals surface area contributed by atoms with Crippen LogP contribution in [0.15, 0.2) is 58.4 Å². The van der Waals surface area contributed by atoms with Crippen molar-refractivity contribution in [1.82, 2.24) is 10.6 Å². The van der Waals surface area contributed by atoms with E-state index in [1.807, 2.05) is 37.3 Å². The highest BCUT2D eigenvalue weighted by atomic mass is 35.5. The summed E-state index contributed by atoms with van der Waals surface area (Å²) in [4.78, 5) is 4.58. The fourth-order valence-corrected chi connectivity index (χ4v) is 3.02. The molecule has 26 heavy (non-hydrogen) atoms. The van der Waals surface area contributed by atoms with Gasteiger partial charge in [0.2, 0.25) is 10.0 Å². The van der Waals surface area contributed by atoms with Crippen LogP contribution in [0.4, 0.5) is 0 Å². The fourth-order valence-electron chi connectivity index (χ4n) is 2.31. The predicted octanol–water partition coefficient (Wildman–Crippen LogP) is 2.29. The largest absolute Gasteiger partial charge is 0.357 e. The number of halogens is 1. The molecule has 2 aromatic rings. The lowest BCUT2D eigenvalue weighted by Gasteiger charge is -2.11. The van der Waals surface area contributed by atoms with Gasteiger partial charge in [0.25, 0.3) is 0 Å². The molecular weight excluding hydrogens is 372 g/mol. The Labute approximate surface area is 159 Å². The first kappa shape index (κ1) is 20.2. The SMILES string of the molecule is CCNC(=NCc1cccc(S(N)(=O)=O)c1)NCCc1ccc(Cl)cc1. The van der Waals surface area contributed by atoms with Crippen LogP contribution in [-0.2, 0) is 23.0 Å². The molecule has 0 spiro atoms. The molecule has 140 valence electrons. The standard InChI is InChI=1S/C18H23ClN4O2S/c1-2-21-18(22-11-10-14-6-8-16(19)9-7-14)23-13-15-4-3-5-17(12-15)26(20,24)25/h3-9,12H,2,10-11,13H2,1H3,(H2,20,24,25)(H2,21,22,23). The molecule has 2 aromatic carbocycles. The van der Waals surface area contributed by atoms with Gasteiger partial charge in [-0.05, 0) is 48.7 Å². The number of hydrogen-bond donors (Lipinski definition) is 3. The maximum absolute atomic E-state index is 11.4. The van der Waals surface area contributed by atoms with E-state index in [2.05, 4.69) is 15.6 Å². The number of rotatable bonds is 7. The van der Waals surface area contributed by atoms with E-state index in [0.717, 1.165) is 23.6 Å². The van der Waals surface area contributed by atoms with Crippen LogP contribution in [0.25, 0.3) is 0 Å². The van der Waals surface area contributed by atoms with Gasteiger partial charge in [-0.3, -0.25) is 0 Å². The quantitative estimate of drug-likeness (QED) is 0.495. The van der Waals surface area contributed by atoms with Crippen LogP contribution in [-0.4, -0.2) is 27.5 Å². The first-order valence-electron chi connectivity index (χ1n) is 8.27. The number of nitrogens with one attached hydrogen (secondary N) is 2. The lowest BCUT2D eigenvalue weighted by molar-refractivity contribution is 0.597. The van der Waals surface area contributed by atoms with E-state index in [4.69, 9.17) is 16.7 Å². The third kappa shape index (κ3) is 6.67. The molecule has 0 aliphatic rings. The Kier molecular flexibility index (Phi) is 7.44. The summed E-state index contributed by atoms with van der Waals surface area (Å²) in [5.74, 6) is 0.669. The summed E-state index contributed by atoms with van der Waals surface area (Å²) in [5.41, 5.74) is 1.95. The molecule has 6 nitrogen and oxygen atoms in total. The van der Waals surface area contributed by atoms with Crippen molar-refractivity contribution in [3.63, 3.8) is 0 Å². The summed E-state index contributed by atoms with van der Waals surface area (Å²) in [6, 6.07) is 14.2. The Hall–Kier alpha value is -2.09. The van der Waals surface area contributed by atoms with Crippen LogP contribution in [0.2, 0.25) is 5.02 Å². The van der Waals surface area contributed by atoms with Gasteiger partial charge in [-0.2, -0.15) is 0 Å². The van der Waals surface area contributed by atoms with Gasteiger partial charge in [-0.25, -0.2) is 18.5 Å². The highest BCUT2D eigenvalue weighted by Gasteiger charge is 2.07.